The van der Waals surface area contributed by atoms with Gasteiger partial charge in [0, 0.05) is 0 Å². The number of aliphatic carboxylic acids is 1. The van der Waals surface area contributed by atoms with Crippen molar-refractivity contribution in [2.45, 2.75) is 6.04 Å². The Labute approximate surface area is 67.4 Å². The van der Waals surface area contributed by atoms with E-state index in [4.69, 9.17) is 10.8 Å². The normalized spacial score (nSPS) is 12.1. The van der Waals surface area contributed by atoms with E-state index in [2.05, 4.69) is 4.52 Å². The number of carboxylic acids is 1. The Hall–Kier alpha value is -1.04. The van der Waals surface area contributed by atoms with Crippen LogP contribution in [-0.4, -0.2) is 29.5 Å². The van der Waals surface area contributed by atoms with Gasteiger partial charge < -0.3 is 10.8 Å². The first-order valence-corrected chi connectivity index (χ1v) is 3.83. The summed E-state index contributed by atoms with van der Waals surface area (Å²) in [5.74, 6) is -2.52. The molecule has 0 spiro atoms. The molecule has 0 saturated heterocycles. The number of carbonyl (C=O) groups is 2. The van der Waals surface area contributed by atoms with Crippen LogP contribution in [0.4, 0.5) is 0 Å². The molecule has 7 nitrogen and oxygen atoms in total. The Morgan fingerprint density at radius 2 is 2.00 bits per heavy atom. The second-order valence-corrected chi connectivity index (χ2v) is 2.48. The van der Waals surface area contributed by atoms with Crippen LogP contribution in [0.5, 0.6) is 0 Å². The van der Waals surface area contributed by atoms with Crippen molar-refractivity contribution in [3.05, 3.63) is 0 Å². The first-order chi connectivity index (χ1) is 5.45. The first kappa shape index (κ1) is 11.0. The van der Waals surface area contributed by atoms with Gasteiger partial charge in [0.15, 0.2) is 11.8 Å². The van der Waals surface area contributed by atoms with Crippen molar-refractivity contribution >= 4 is 19.7 Å². The lowest BCUT2D eigenvalue weighted by Gasteiger charge is -2.01. The zero-order valence-corrected chi connectivity index (χ0v) is 6.69. The van der Waals surface area contributed by atoms with Crippen LogP contribution in [0.3, 0.4) is 0 Å². The molecule has 0 aromatic rings. The summed E-state index contributed by atoms with van der Waals surface area (Å²) in [6.07, 6.45) is 0. The van der Waals surface area contributed by atoms with Crippen LogP contribution in [0.25, 0.3) is 0 Å². The van der Waals surface area contributed by atoms with E-state index in [-0.39, 0.29) is 0 Å². The van der Waals surface area contributed by atoms with Gasteiger partial charge in [0.2, 0.25) is 0 Å². The molecule has 0 heterocycles. The zero-order valence-electron chi connectivity index (χ0n) is 5.80. The average Bonchev–Trinajstić information content (AvgIpc) is 1.98. The van der Waals surface area contributed by atoms with Gasteiger partial charge in [0.05, 0.1) is 0 Å². The number of carbonyl (C=O) groups excluding carboxylic acids is 1. The van der Waals surface area contributed by atoms with E-state index in [0.717, 1.165) is 0 Å². The predicted octanol–water partition coefficient (Wildman–Crippen LogP) is -0.928. The highest BCUT2D eigenvalue weighted by Gasteiger charge is 2.21. The molecule has 0 radical (unpaired) electrons. The third-order valence-corrected chi connectivity index (χ3v) is 1.27. The summed E-state index contributed by atoms with van der Waals surface area (Å²) in [6, 6.07) is -1.74. The van der Waals surface area contributed by atoms with Gasteiger partial charge in [-0.25, -0.2) is 9.13 Å². The molecule has 12 heavy (non-hydrogen) atoms. The molecule has 68 valence electrons. The standard InChI is InChI=1S/C4H6NO6P/c5-3(4(7)8)2(6)1-11-12(9)10/h3H,1,5H2,(H,7,8). The van der Waals surface area contributed by atoms with Crippen LogP contribution in [0.1, 0.15) is 0 Å². The van der Waals surface area contributed by atoms with E-state index >= 15 is 0 Å². The quantitative estimate of drug-likeness (QED) is 0.429. The second-order valence-electron chi connectivity index (χ2n) is 1.78. The molecule has 0 aliphatic rings. The van der Waals surface area contributed by atoms with Crippen LogP contribution in [0.15, 0.2) is 0 Å². The lowest BCUT2D eigenvalue weighted by molar-refractivity contribution is -0.142. The Morgan fingerprint density at radius 3 is 2.33 bits per heavy atom. The number of hydrogen-bond donors (Lipinski definition) is 2. The SMILES string of the molecule is NC(C(=O)O)C(=O)COP(=O)=O. The van der Waals surface area contributed by atoms with Gasteiger partial charge in [-0.15, -0.1) is 0 Å². The van der Waals surface area contributed by atoms with E-state index < -0.39 is 32.3 Å². The first-order valence-electron chi connectivity index (χ1n) is 2.73. The highest BCUT2D eigenvalue weighted by molar-refractivity contribution is 7.24. The summed E-state index contributed by atoms with van der Waals surface area (Å²) < 4.78 is 23.4. The molecule has 1 unspecified atom stereocenters. The second kappa shape index (κ2) is 4.76. The van der Waals surface area contributed by atoms with Crippen molar-refractivity contribution in [1.29, 1.82) is 0 Å². The molecule has 0 bridgehead atoms. The van der Waals surface area contributed by atoms with Crippen LogP contribution >= 0.6 is 7.91 Å². The Bertz CT molecular complexity index is 250. The van der Waals surface area contributed by atoms with E-state index in [9.17, 15) is 18.7 Å². The Kier molecular flexibility index (Phi) is 4.35. The van der Waals surface area contributed by atoms with Crippen LogP contribution in [-0.2, 0) is 23.2 Å². The smallest absolute Gasteiger partial charge is 0.468 e. The fourth-order valence-electron chi connectivity index (χ4n) is 0.344. The lowest BCUT2D eigenvalue weighted by atomic mass is 10.2. The third-order valence-electron chi connectivity index (χ3n) is 0.925. The van der Waals surface area contributed by atoms with Crippen LogP contribution < -0.4 is 5.73 Å². The molecule has 0 aliphatic carbocycles. The molecule has 0 aromatic heterocycles. The summed E-state index contributed by atoms with van der Waals surface area (Å²) in [7, 11) is -3.15. The van der Waals surface area contributed by atoms with Gasteiger partial charge in [-0.05, 0) is 0 Å². The van der Waals surface area contributed by atoms with E-state index in [0.29, 0.717) is 0 Å². The van der Waals surface area contributed by atoms with E-state index in [1.165, 1.54) is 0 Å². The molecule has 0 fully saturated rings. The molecule has 0 aliphatic heterocycles. The topological polar surface area (TPSA) is 124 Å². The van der Waals surface area contributed by atoms with Crippen molar-refractivity contribution in [2.75, 3.05) is 6.61 Å². The van der Waals surface area contributed by atoms with E-state index in [1.54, 1.807) is 0 Å². The van der Waals surface area contributed by atoms with Gasteiger partial charge in [-0.1, -0.05) is 0 Å². The molecule has 8 heteroatoms. The Morgan fingerprint density at radius 1 is 1.50 bits per heavy atom. The highest BCUT2D eigenvalue weighted by atomic mass is 31.1. The molecule has 0 rings (SSSR count). The zero-order chi connectivity index (χ0) is 9.72. The minimum Gasteiger partial charge on any atom is -0.480 e. The summed E-state index contributed by atoms with van der Waals surface area (Å²) >= 11 is 0. The summed E-state index contributed by atoms with van der Waals surface area (Å²) in [5, 5.41) is 8.17. The van der Waals surface area contributed by atoms with Crippen molar-refractivity contribution in [3.8, 4) is 0 Å². The number of Topliss-reactive ketones (excluding diaryl/α,β-unsaturated/α-hetero) is 1. The minimum atomic E-state index is -3.15. The fraction of sp³-hybridized carbons (Fsp3) is 0.500. The predicted molar refractivity (Wildman–Crippen MR) is 34.9 cm³/mol. The van der Waals surface area contributed by atoms with Crippen LogP contribution in [0, 0.1) is 0 Å². The maximum atomic E-state index is 10.6. The summed E-state index contributed by atoms with van der Waals surface area (Å²) in [4.78, 5) is 20.6. The number of ketones is 1. The number of carboxylic acid groups (broad SMARTS) is 1. The molecule has 3 N–H and O–H groups in total. The van der Waals surface area contributed by atoms with Gasteiger partial charge in [0.25, 0.3) is 0 Å². The number of nitrogens with two attached hydrogens (primary N) is 1. The van der Waals surface area contributed by atoms with Gasteiger partial charge >= 0.3 is 13.9 Å². The van der Waals surface area contributed by atoms with Gasteiger partial charge in [-0.3, -0.25) is 14.1 Å². The lowest BCUT2D eigenvalue weighted by Crippen LogP contribution is -2.40. The number of rotatable bonds is 5. The van der Waals surface area contributed by atoms with Crippen molar-refractivity contribution in [2.24, 2.45) is 5.73 Å². The molecular formula is C4H6NO6P. The van der Waals surface area contributed by atoms with E-state index in [1.807, 2.05) is 0 Å². The maximum Gasteiger partial charge on any atom is 0.468 e. The van der Waals surface area contributed by atoms with Crippen LogP contribution in [0.2, 0.25) is 0 Å². The molecule has 1 atom stereocenters. The van der Waals surface area contributed by atoms with Crippen molar-refractivity contribution in [3.63, 3.8) is 0 Å². The maximum absolute atomic E-state index is 10.6. The largest absolute Gasteiger partial charge is 0.480 e. The monoisotopic (exact) mass is 195 g/mol. The summed E-state index contributed by atoms with van der Waals surface area (Å²) in [5.41, 5.74) is 4.82. The molecule has 0 amide bonds. The third kappa shape index (κ3) is 3.97. The van der Waals surface area contributed by atoms with Gasteiger partial charge in [0.1, 0.15) is 6.61 Å². The van der Waals surface area contributed by atoms with Crippen molar-refractivity contribution in [1.82, 2.24) is 0 Å². The molecule has 0 saturated carbocycles. The highest BCUT2D eigenvalue weighted by Crippen LogP contribution is 2.04. The molecule has 0 aromatic carbocycles. The minimum absolute atomic E-state index is 0.841. The summed E-state index contributed by atoms with van der Waals surface area (Å²) in [6.45, 7) is -0.841. The Balaban J connectivity index is 3.96. The molecular weight excluding hydrogens is 189 g/mol. The van der Waals surface area contributed by atoms with Gasteiger partial charge in [-0.2, -0.15) is 0 Å². The number of hydrogen-bond acceptors (Lipinski definition) is 6. The fourth-order valence-corrected chi connectivity index (χ4v) is 0.576. The van der Waals surface area contributed by atoms with Crippen molar-refractivity contribution < 1.29 is 28.3 Å². The average molecular weight is 195 g/mol.